The van der Waals surface area contributed by atoms with Gasteiger partial charge in [0.15, 0.2) is 4.77 Å². The average Bonchev–Trinajstić information content (AvgIpc) is 2.51. The molecule has 0 aliphatic carbocycles. The molecule has 1 aliphatic rings. The molecule has 0 radical (unpaired) electrons. The van der Waals surface area contributed by atoms with Gasteiger partial charge >= 0.3 is 0 Å². The number of nitrogens with two attached hydrogens (primary N) is 1. The second-order valence-electron chi connectivity index (χ2n) is 3.49. The predicted octanol–water partition coefficient (Wildman–Crippen LogP) is 1.09. The van der Waals surface area contributed by atoms with Crippen LogP contribution in [0.25, 0.3) is 0 Å². The molecule has 1 aromatic rings. The fourth-order valence-electron chi connectivity index (χ4n) is 1.66. The first-order valence-corrected chi connectivity index (χ1v) is 5.20. The second kappa shape index (κ2) is 4.10. The van der Waals surface area contributed by atoms with Crippen molar-refractivity contribution in [1.29, 1.82) is 0 Å². The third-order valence-electron chi connectivity index (χ3n) is 2.45. The van der Waals surface area contributed by atoms with Gasteiger partial charge in [0, 0.05) is 6.61 Å². The van der Waals surface area contributed by atoms with Crippen LogP contribution in [0, 0.1) is 4.77 Å². The Kier molecular flexibility index (Phi) is 2.83. The van der Waals surface area contributed by atoms with Gasteiger partial charge in [0.25, 0.3) is 0 Å². The maximum absolute atomic E-state index is 5.66. The minimum Gasteiger partial charge on any atom is -0.376 e. The molecule has 0 saturated carbocycles. The molecule has 0 bridgehead atoms. The van der Waals surface area contributed by atoms with E-state index in [1.165, 1.54) is 6.42 Å². The standard InChI is InChI=1S/C8H14N4OS/c9-7-10-11-8(14)12(7)5-6-3-1-2-4-13-6/h6H,1-5H2,(H2,9,10)(H,11,14). The first-order chi connectivity index (χ1) is 6.77. The van der Waals surface area contributed by atoms with Crippen LogP contribution in [0.3, 0.4) is 0 Å². The highest BCUT2D eigenvalue weighted by Gasteiger charge is 2.15. The van der Waals surface area contributed by atoms with Crippen molar-refractivity contribution in [3.63, 3.8) is 0 Å². The van der Waals surface area contributed by atoms with E-state index in [9.17, 15) is 0 Å². The zero-order valence-corrected chi connectivity index (χ0v) is 8.72. The summed E-state index contributed by atoms with van der Waals surface area (Å²) in [6.07, 6.45) is 3.68. The summed E-state index contributed by atoms with van der Waals surface area (Å²) in [6.45, 7) is 1.55. The SMILES string of the molecule is Nc1n[nH]c(=S)n1CC1CCCCO1. The molecule has 0 aromatic carbocycles. The molecule has 3 N–H and O–H groups in total. The summed E-state index contributed by atoms with van der Waals surface area (Å²) in [7, 11) is 0. The summed E-state index contributed by atoms with van der Waals surface area (Å²) in [4.78, 5) is 0. The molecule has 1 aliphatic heterocycles. The van der Waals surface area contributed by atoms with Crippen molar-refractivity contribution in [3.05, 3.63) is 4.77 Å². The Bertz CT molecular complexity index is 352. The summed E-state index contributed by atoms with van der Waals surface area (Å²) >= 11 is 5.05. The van der Waals surface area contributed by atoms with Crippen LogP contribution in [0.1, 0.15) is 19.3 Å². The second-order valence-corrected chi connectivity index (χ2v) is 3.87. The molecular weight excluding hydrogens is 200 g/mol. The van der Waals surface area contributed by atoms with E-state index < -0.39 is 0 Å². The van der Waals surface area contributed by atoms with Gasteiger partial charge in [-0.05, 0) is 31.5 Å². The molecular formula is C8H14N4OS. The lowest BCUT2D eigenvalue weighted by Crippen LogP contribution is -2.25. The van der Waals surface area contributed by atoms with E-state index in [0.717, 1.165) is 19.4 Å². The summed E-state index contributed by atoms with van der Waals surface area (Å²) < 4.78 is 7.95. The number of hydrogen-bond donors (Lipinski definition) is 2. The lowest BCUT2D eigenvalue weighted by molar-refractivity contribution is 0.00606. The van der Waals surface area contributed by atoms with Crippen LogP contribution in [0.4, 0.5) is 5.95 Å². The summed E-state index contributed by atoms with van der Waals surface area (Å²) in [5.74, 6) is 0.434. The zero-order chi connectivity index (χ0) is 9.97. The maximum atomic E-state index is 5.66. The van der Waals surface area contributed by atoms with E-state index >= 15 is 0 Å². The topological polar surface area (TPSA) is 68.9 Å². The molecule has 1 aromatic heterocycles. The predicted molar refractivity (Wildman–Crippen MR) is 55.4 cm³/mol. The van der Waals surface area contributed by atoms with Gasteiger partial charge in [-0.2, -0.15) is 0 Å². The molecule has 1 unspecified atom stereocenters. The van der Waals surface area contributed by atoms with Crippen LogP contribution in [0.2, 0.25) is 0 Å². The van der Waals surface area contributed by atoms with Gasteiger partial charge in [-0.15, -0.1) is 5.10 Å². The van der Waals surface area contributed by atoms with Gasteiger partial charge in [0.05, 0.1) is 12.6 Å². The van der Waals surface area contributed by atoms with Crippen LogP contribution in [-0.4, -0.2) is 27.5 Å². The molecule has 6 heteroatoms. The van der Waals surface area contributed by atoms with Crippen molar-refractivity contribution < 1.29 is 4.74 Å². The van der Waals surface area contributed by atoms with Crippen molar-refractivity contribution in [3.8, 4) is 0 Å². The molecule has 5 nitrogen and oxygen atoms in total. The first kappa shape index (κ1) is 9.67. The highest BCUT2D eigenvalue weighted by molar-refractivity contribution is 7.71. The normalized spacial score (nSPS) is 22.4. The minimum absolute atomic E-state index is 0.232. The number of rotatable bonds is 2. The smallest absolute Gasteiger partial charge is 0.220 e. The Balaban J connectivity index is 2.06. The molecule has 14 heavy (non-hydrogen) atoms. The fourth-order valence-corrected chi connectivity index (χ4v) is 1.88. The quantitative estimate of drug-likeness (QED) is 0.723. The van der Waals surface area contributed by atoms with Gasteiger partial charge in [-0.25, -0.2) is 5.10 Å². The summed E-state index contributed by atoms with van der Waals surface area (Å²) in [5, 5.41) is 6.51. The van der Waals surface area contributed by atoms with Crippen LogP contribution in [0.5, 0.6) is 0 Å². The lowest BCUT2D eigenvalue weighted by Gasteiger charge is -2.22. The van der Waals surface area contributed by atoms with Gasteiger partial charge in [0.2, 0.25) is 5.95 Å². The minimum atomic E-state index is 0.232. The molecule has 1 fully saturated rings. The molecule has 0 amide bonds. The number of hydrogen-bond acceptors (Lipinski definition) is 4. The van der Waals surface area contributed by atoms with Crippen molar-refractivity contribution in [2.45, 2.75) is 31.9 Å². The van der Waals surface area contributed by atoms with Crippen LogP contribution >= 0.6 is 12.2 Å². The van der Waals surface area contributed by atoms with Crippen molar-refractivity contribution in [2.24, 2.45) is 0 Å². The highest BCUT2D eigenvalue weighted by Crippen LogP contribution is 2.15. The first-order valence-electron chi connectivity index (χ1n) is 4.79. The van der Waals surface area contributed by atoms with Gasteiger partial charge in [-0.3, -0.25) is 4.57 Å². The Labute approximate surface area is 87.3 Å². The number of aromatic amines is 1. The number of nitrogens with zero attached hydrogens (tertiary/aromatic N) is 2. The van der Waals surface area contributed by atoms with Crippen LogP contribution < -0.4 is 5.73 Å². The van der Waals surface area contributed by atoms with Crippen molar-refractivity contribution in [1.82, 2.24) is 14.8 Å². The molecule has 1 atom stereocenters. The molecule has 78 valence electrons. The number of H-pyrrole nitrogens is 1. The summed E-state index contributed by atoms with van der Waals surface area (Å²) in [6, 6.07) is 0. The molecule has 2 rings (SSSR count). The van der Waals surface area contributed by atoms with E-state index in [0.29, 0.717) is 17.3 Å². The monoisotopic (exact) mass is 214 g/mol. The van der Waals surface area contributed by atoms with Crippen LogP contribution in [0.15, 0.2) is 0 Å². The van der Waals surface area contributed by atoms with Crippen molar-refractivity contribution in [2.75, 3.05) is 12.3 Å². The third kappa shape index (κ3) is 1.96. The molecule has 0 spiro atoms. The number of nitrogen functional groups attached to an aromatic ring is 1. The maximum Gasteiger partial charge on any atom is 0.220 e. The average molecular weight is 214 g/mol. The lowest BCUT2D eigenvalue weighted by atomic mass is 10.1. The van der Waals surface area contributed by atoms with E-state index in [4.69, 9.17) is 22.7 Å². The number of nitrogens with one attached hydrogen (secondary N) is 1. The fraction of sp³-hybridized carbons (Fsp3) is 0.750. The van der Waals surface area contributed by atoms with E-state index in [-0.39, 0.29) is 6.10 Å². The van der Waals surface area contributed by atoms with E-state index in [1.54, 1.807) is 4.57 Å². The van der Waals surface area contributed by atoms with Gasteiger partial charge in [-0.1, -0.05) is 0 Å². The summed E-state index contributed by atoms with van der Waals surface area (Å²) in [5.41, 5.74) is 5.66. The van der Waals surface area contributed by atoms with E-state index in [2.05, 4.69) is 10.2 Å². The largest absolute Gasteiger partial charge is 0.376 e. The van der Waals surface area contributed by atoms with Crippen molar-refractivity contribution >= 4 is 18.2 Å². The Morgan fingerprint density at radius 3 is 3.07 bits per heavy atom. The number of anilines is 1. The van der Waals surface area contributed by atoms with E-state index in [1.807, 2.05) is 0 Å². The third-order valence-corrected chi connectivity index (χ3v) is 2.76. The Morgan fingerprint density at radius 1 is 1.64 bits per heavy atom. The van der Waals surface area contributed by atoms with Crippen LogP contribution in [-0.2, 0) is 11.3 Å². The Hall–Kier alpha value is -0.880. The molecule has 2 heterocycles. The zero-order valence-electron chi connectivity index (χ0n) is 7.90. The number of ether oxygens (including phenoxy) is 1. The van der Waals surface area contributed by atoms with Gasteiger partial charge < -0.3 is 10.5 Å². The Morgan fingerprint density at radius 2 is 2.50 bits per heavy atom. The van der Waals surface area contributed by atoms with Gasteiger partial charge in [0.1, 0.15) is 0 Å². The molecule has 1 saturated heterocycles. The number of aromatic nitrogens is 3. The highest BCUT2D eigenvalue weighted by atomic mass is 32.1.